The zero-order valence-corrected chi connectivity index (χ0v) is 16.6. The summed E-state index contributed by atoms with van der Waals surface area (Å²) in [7, 11) is -1.40. The van der Waals surface area contributed by atoms with Gasteiger partial charge in [0, 0.05) is 24.2 Å². The van der Waals surface area contributed by atoms with Gasteiger partial charge < -0.3 is 19.8 Å². The number of nitrogens with one attached hydrogen (secondary N) is 2. The molecule has 1 aliphatic rings. The van der Waals surface area contributed by atoms with Gasteiger partial charge in [-0.1, -0.05) is 11.8 Å². The Labute approximate surface area is 167 Å². The van der Waals surface area contributed by atoms with Crippen molar-refractivity contribution in [3.05, 3.63) is 35.4 Å². The molecule has 11 heteroatoms. The highest BCUT2D eigenvalue weighted by Crippen LogP contribution is 2.29. The monoisotopic (exact) mass is 430 g/mol. The van der Waals surface area contributed by atoms with Crippen molar-refractivity contribution in [2.75, 3.05) is 7.11 Å². The van der Waals surface area contributed by atoms with Gasteiger partial charge in [-0.25, -0.2) is 14.3 Å². The molecule has 29 heavy (non-hydrogen) atoms. The molecule has 4 N–H and O–H groups in total. The Kier molecular flexibility index (Phi) is 8.02. The van der Waals surface area contributed by atoms with E-state index in [9.17, 15) is 23.5 Å². The number of aliphatic hydroxyl groups is 1. The molecule has 3 atom stereocenters. The second-order valence-corrected chi connectivity index (χ2v) is 7.56. The molecule has 1 fully saturated rings. The van der Waals surface area contributed by atoms with E-state index in [1.165, 1.54) is 12.1 Å². The number of halogens is 2. The minimum absolute atomic E-state index is 0.0760. The van der Waals surface area contributed by atoms with E-state index < -0.39 is 38.5 Å². The van der Waals surface area contributed by atoms with Gasteiger partial charge in [0.2, 0.25) is 0 Å². The molecule has 1 aromatic carbocycles. The highest BCUT2D eigenvalue weighted by Gasteiger charge is 2.46. The summed E-state index contributed by atoms with van der Waals surface area (Å²) in [6.45, 7) is 0.691. The van der Waals surface area contributed by atoms with Gasteiger partial charge in [-0.05, 0) is 44.0 Å². The van der Waals surface area contributed by atoms with Gasteiger partial charge in [0.25, 0.3) is 18.2 Å². The number of rotatable bonds is 8. The van der Waals surface area contributed by atoms with E-state index in [0.29, 0.717) is 18.4 Å². The van der Waals surface area contributed by atoms with Gasteiger partial charge in [0.1, 0.15) is 6.04 Å². The Bertz CT molecular complexity index is 790. The van der Waals surface area contributed by atoms with Crippen LogP contribution in [-0.4, -0.2) is 47.0 Å². The van der Waals surface area contributed by atoms with Crippen LogP contribution in [-0.2, 0) is 13.9 Å². The van der Waals surface area contributed by atoms with Crippen LogP contribution in [0.5, 0.6) is 0 Å². The molecule has 3 unspecified atom stereocenters. The second kappa shape index (κ2) is 10.1. The van der Waals surface area contributed by atoms with Crippen molar-refractivity contribution >= 4 is 20.4 Å². The van der Waals surface area contributed by atoms with Crippen molar-refractivity contribution < 1.29 is 37.5 Å². The molecule has 2 amide bonds. The normalized spacial score (nSPS) is 17.5. The summed E-state index contributed by atoms with van der Waals surface area (Å²) >= 11 is 0. The molecule has 0 saturated heterocycles. The number of amides is 2. The van der Waals surface area contributed by atoms with Gasteiger partial charge in [0.05, 0.1) is 0 Å². The van der Waals surface area contributed by atoms with Gasteiger partial charge in [-0.15, -0.1) is 0 Å². The molecule has 0 aromatic heterocycles. The number of hydrogen-bond donors (Lipinski definition) is 4. The van der Waals surface area contributed by atoms with E-state index in [0.717, 1.165) is 20.0 Å². The molecule has 0 aliphatic heterocycles. The summed E-state index contributed by atoms with van der Waals surface area (Å²) < 4.78 is 35.3. The van der Waals surface area contributed by atoms with E-state index in [-0.39, 0.29) is 5.56 Å². The third-order valence-corrected chi connectivity index (χ3v) is 4.65. The first kappa shape index (κ1) is 23.1. The SMILES string of the molecule is COP(O)ONC(=O)C(NC(=O)c1ccc(C#CC2CC2)cc1)C(C)(O)C(F)F. The summed E-state index contributed by atoms with van der Waals surface area (Å²) in [5.41, 5.74) is -0.468. The summed E-state index contributed by atoms with van der Waals surface area (Å²) in [6.07, 6.45) is -1.21. The average Bonchev–Trinajstić information content (AvgIpc) is 3.52. The summed E-state index contributed by atoms with van der Waals surface area (Å²) in [6, 6.07) is 3.94. The molecule has 0 spiro atoms. The molecule has 158 valence electrons. The van der Waals surface area contributed by atoms with Crippen LogP contribution in [0, 0.1) is 17.8 Å². The van der Waals surface area contributed by atoms with Gasteiger partial charge >= 0.3 is 8.60 Å². The maximum Gasteiger partial charge on any atom is 0.353 e. The third kappa shape index (κ3) is 6.70. The van der Waals surface area contributed by atoms with Crippen molar-refractivity contribution in [3.63, 3.8) is 0 Å². The molecule has 1 aromatic rings. The Hall–Kier alpha value is -2.15. The van der Waals surface area contributed by atoms with E-state index in [4.69, 9.17) is 4.89 Å². The van der Waals surface area contributed by atoms with Gasteiger partial charge in [-0.2, -0.15) is 4.62 Å². The second-order valence-electron chi connectivity index (χ2n) is 6.53. The Morgan fingerprint density at radius 2 is 1.93 bits per heavy atom. The predicted molar refractivity (Wildman–Crippen MR) is 99.3 cm³/mol. The minimum atomic E-state index is -3.36. The van der Waals surface area contributed by atoms with Crippen molar-refractivity contribution in [3.8, 4) is 11.8 Å². The number of hydrogen-bond acceptors (Lipinski definition) is 6. The summed E-state index contributed by atoms with van der Waals surface area (Å²) in [4.78, 5) is 33.8. The predicted octanol–water partition coefficient (Wildman–Crippen LogP) is 1.48. The first-order valence-electron chi connectivity index (χ1n) is 8.58. The van der Waals surface area contributed by atoms with Crippen LogP contribution in [0.3, 0.4) is 0 Å². The highest BCUT2D eigenvalue weighted by molar-refractivity contribution is 7.40. The Morgan fingerprint density at radius 1 is 1.31 bits per heavy atom. The lowest BCUT2D eigenvalue weighted by atomic mass is 9.95. The zero-order valence-electron chi connectivity index (χ0n) is 15.7. The standard InChI is InChI=1S/C18H21F2N2O6P/c1-18(25,17(19)20)14(16(24)22-28-29(26)27-2)21-15(23)13-9-7-12(8-10-13)6-5-11-3-4-11/h7-11,14,17,25-26H,3-4H2,1-2H3,(H,21,23)(H,22,24). The molecule has 2 rings (SSSR count). The van der Waals surface area contributed by atoms with Crippen LogP contribution < -0.4 is 10.8 Å². The Morgan fingerprint density at radius 3 is 2.45 bits per heavy atom. The van der Waals surface area contributed by atoms with Crippen LogP contribution in [0.15, 0.2) is 24.3 Å². The van der Waals surface area contributed by atoms with Crippen LogP contribution in [0.2, 0.25) is 0 Å². The molecule has 0 radical (unpaired) electrons. The van der Waals surface area contributed by atoms with Crippen LogP contribution in [0.4, 0.5) is 8.78 Å². The van der Waals surface area contributed by atoms with E-state index >= 15 is 0 Å². The molecule has 0 heterocycles. The molecule has 8 nitrogen and oxygen atoms in total. The van der Waals surface area contributed by atoms with Crippen molar-refractivity contribution in [2.24, 2.45) is 5.92 Å². The fourth-order valence-electron chi connectivity index (χ4n) is 2.12. The largest absolute Gasteiger partial charge is 0.381 e. The van der Waals surface area contributed by atoms with Crippen molar-refractivity contribution in [1.29, 1.82) is 0 Å². The maximum atomic E-state index is 13.2. The lowest BCUT2D eigenvalue weighted by Gasteiger charge is -2.31. The smallest absolute Gasteiger partial charge is 0.353 e. The first-order valence-corrected chi connectivity index (χ1v) is 9.71. The zero-order chi connectivity index (χ0) is 21.6. The topological polar surface area (TPSA) is 117 Å². The maximum absolute atomic E-state index is 13.2. The number of hydroxylamine groups is 1. The molecule has 0 bridgehead atoms. The molecular weight excluding hydrogens is 409 g/mol. The summed E-state index contributed by atoms with van der Waals surface area (Å²) in [5.74, 6) is 4.28. The van der Waals surface area contributed by atoms with Crippen LogP contribution in [0.25, 0.3) is 0 Å². The average molecular weight is 430 g/mol. The minimum Gasteiger partial charge on any atom is -0.381 e. The van der Waals surface area contributed by atoms with Crippen molar-refractivity contribution in [2.45, 2.75) is 37.8 Å². The first-order chi connectivity index (χ1) is 13.6. The highest BCUT2D eigenvalue weighted by atomic mass is 31.2. The molecular formula is C18H21F2N2O6P. The lowest BCUT2D eigenvalue weighted by molar-refractivity contribution is -0.148. The van der Waals surface area contributed by atoms with E-state index in [1.807, 2.05) is 0 Å². The number of benzene rings is 1. The fourth-order valence-corrected chi connectivity index (χ4v) is 2.36. The van der Waals surface area contributed by atoms with Gasteiger partial charge in [-0.3, -0.25) is 9.59 Å². The van der Waals surface area contributed by atoms with E-state index in [1.54, 1.807) is 17.6 Å². The number of carbonyl (C=O) groups excluding carboxylic acids is 2. The fraction of sp³-hybridized carbons (Fsp3) is 0.444. The number of carbonyl (C=O) groups is 2. The quantitative estimate of drug-likeness (QED) is 0.282. The van der Waals surface area contributed by atoms with Gasteiger partial charge in [0.15, 0.2) is 5.60 Å². The summed E-state index contributed by atoms with van der Waals surface area (Å²) in [5, 5.41) is 12.1. The molecule has 1 saturated carbocycles. The Balaban J connectivity index is 2.11. The van der Waals surface area contributed by atoms with Crippen molar-refractivity contribution in [1.82, 2.24) is 10.8 Å². The van der Waals surface area contributed by atoms with E-state index in [2.05, 4.69) is 26.3 Å². The van der Waals surface area contributed by atoms with Crippen LogP contribution in [0.1, 0.15) is 35.7 Å². The molecule has 1 aliphatic carbocycles. The number of alkyl halides is 2. The lowest BCUT2D eigenvalue weighted by Crippen LogP contribution is -2.61. The third-order valence-electron chi connectivity index (χ3n) is 4.09. The van der Waals surface area contributed by atoms with Crippen LogP contribution >= 0.6 is 8.60 Å².